The standard InChI is InChI=1S/C13H17F3N2O2/c1-8(7-19)18(3)12(20)17-11-6-4-5-10(9(11)2)13(14,15)16/h4-6,8,19H,7H2,1-3H3,(H,17,20). The van der Waals surface area contributed by atoms with Crippen molar-refractivity contribution in [1.29, 1.82) is 0 Å². The number of halogens is 3. The zero-order chi connectivity index (χ0) is 15.5. The number of amides is 2. The molecule has 0 saturated carbocycles. The highest BCUT2D eigenvalue weighted by molar-refractivity contribution is 5.90. The van der Waals surface area contributed by atoms with Gasteiger partial charge in [-0.3, -0.25) is 0 Å². The van der Waals surface area contributed by atoms with E-state index in [1.165, 1.54) is 31.0 Å². The molecule has 7 heteroatoms. The molecule has 2 amide bonds. The van der Waals surface area contributed by atoms with Crippen molar-refractivity contribution in [1.82, 2.24) is 4.90 Å². The maximum absolute atomic E-state index is 12.8. The third-order valence-electron chi connectivity index (χ3n) is 3.13. The molecule has 20 heavy (non-hydrogen) atoms. The molecule has 1 atom stereocenters. The maximum Gasteiger partial charge on any atom is 0.416 e. The summed E-state index contributed by atoms with van der Waals surface area (Å²) in [7, 11) is 1.46. The number of hydrogen-bond acceptors (Lipinski definition) is 2. The van der Waals surface area contributed by atoms with Crippen LogP contribution in [0.5, 0.6) is 0 Å². The number of hydrogen-bond donors (Lipinski definition) is 2. The van der Waals surface area contributed by atoms with Crippen LogP contribution in [0, 0.1) is 6.92 Å². The molecule has 0 radical (unpaired) electrons. The summed E-state index contributed by atoms with van der Waals surface area (Å²) < 4.78 is 38.3. The van der Waals surface area contributed by atoms with Gasteiger partial charge in [-0.05, 0) is 31.5 Å². The van der Waals surface area contributed by atoms with Gasteiger partial charge in [0.2, 0.25) is 0 Å². The number of alkyl halides is 3. The minimum absolute atomic E-state index is 0.0431. The first-order valence-electron chi connectivity index (χ1n) is 6.00. The summed E-state index contributed by atoms with van der Waals surface area (Å²) in [5, 5.41) is 11.4. The van der Waals surface area contributed by atoms with E-state index in [4.69, 9.17) is 5.11 Å². The lowest BCUT2D eigenvalue weighted by atomic mass is 10.1. The Hall–Kier alpha value is -1.76. The lowest BCUT2D eigenvalue weighted by Gasteiger charge is -2.24. The molecule has 112 valence electrons. The van der Waals surface area contributed by atoms with E-state index in [-0.39, 0.29) is 17.9 Å². The topological polar surface area (TPSA) is 52.6 Å². The van der Waals surface area contributed by atoms with Gasteiger partial charge in [-0.1, -0.05) is 6.07 Å². The fourth-order valence-electron chi connectivity index (χ4n) is 1.60. The van der Waals surface area contributed by atoms with Crippen LogP contribution in [0.2, 0.25) is 0 Å². The largest absolute Gasteiger partial charge is 0.416 e. The van der Waals surface area contributed by atoms with Gasteiger partial charge in [-0.15, -0.1) is 0 Å². The number of rotatable bonds is 3. The van der Waals surface area contributed by atoms with Gasteiger partial charge in [0.25, 0.3) is 0 Å². The minimum atomic E-state index is -4.46. The molecule has 1 rings (SSSR count). The van der Waals surface area contributed by atoms with E-state index in [9.17, 15) is 18.0 Å². The lowest BCUT2D eigenvalue weighted by molar-refractivity contribution is -0.138. The molecule has 0 bridgehead atoms. The predicted molar refractivity (Wildman–Crippen MR) is 69.5 cm³/mol. The molecule has 4 nitrogen and oxygen atoms in total. The molecule has 0 heterocycles. The molecular formula is C13H17F3N2O2. The van der Waals surface area contributed by atoms with Crippen LogP contribution in [0.25, 0.3) is 0 Å². The van der Waals surface area contributed by atoms with Gasteiger partial charge in [0.1, 0.15) is 0 Å². The number of nitrogens with zero attached hydrogens (tertiary/aromatic N) is 1. The minimum Gasteiger partial charge on any atom is -0.394 e. The van der Waals surface area contributed by atoms with Crippen molar-refractivity contribution in [3.8, 4) is 0 Å². The van der Waals surface area contributed by atoms with Crippen molar-refractivity contribution >= 4 is 11.7 Å². The number of carbonyl (C=O) groups excluding carboxylic acids is 1. The number of nitrogens with one attached hydrogen (secondary N) is 1. The molecule has 1 unspecified atom stereocenters. The molecular weight excluding hydrogens is 273 g/mol. The fraction of sp³-hybridized carbons (Fsp3) is 0.462. The SMILES string of the molecule is Cc1c(NC(=O)N(C)C(C)CO)cccc1C(F)(F)F. The summed E-state index contributed by atoms with van der Waals surface area (Å²) in [6.07, 6.45) is -4.46. The second kappa shape index (κ2) is 6.13. The van der Waals surface area contributed by atoms with Crippen molar-refractivity contribution in [2.24, 2.45) is 0 Å². The maximum atomic E-state index is 12.8. The number of likely N-dealkylation sites (N-methyl/N-ethyl adjacent to an activating group) is 1. The number of aliphatic hydroxyl groups excluding tert-OH is 1. The molecule has 0 aliphatic heterocycles. The summed E-state index contributed by atoms with van der Waals surface area (Å²) in [6, 6.07) is 2.60. The lowest BCUT2D eigenvalue weighted by Crippen LogP contribution is -2.40. The highest BCUT2D eigenvalue weighted by Gasteiger charge is 2.33. The van der Waals surface area contributed by atoms with Gasteiger partial charge in [0.15, 0.2) is 0 Å². The molecule has 0 spiro atoms. The zero-order valence-electron chi connectivity index (χ0n) is 11.5. The van der Waals surface area contributed by atoms with Gasteiger partial charge < -0.3 is 15.3 Å². The molecule has 0 saturated heterocycles. The smallest absolute Gasteiger partial charge is 0.394 e. The van der Waals surface area contributed by atoms with Crippen molar-refractivity contribution in [2.75, 3.05) is 19.0 Å². The van der Waals surface area contributed by atoms with E-state index in [1.54, 1.807) is 6.92 Å². The average molecular weight is 290 g/mol. The Labute approximate surface area is 115 Å². The summed E-state index contributed by atoms with van der Waals surface area (Å²) in [4.78, 5) is 13.1. The van der Waals surface area contributed by atoms with Crippen molar-refractivity contribution in [2.45, 2.75) is 26.1 Å². The van der Waals surface area contributed by atoms with Crippen LogP contribution in [0.1, 0.15) is 18.1 Å². The van der Waals surface area contributed by atoms with Crippen LogP contribution < -0.4 is 5.32 Å². The number of aliphatic hydroxyl groups is 1. The first-order valence-corrected chi connectivity index (χ1v) is 6.00. The second-order valence-electron chi connectivity index (χ2n) is 4.55. The molecule has 0 aliphatic carbocycles. The molecule has 0 fully saturated rings. The Morgan fingerprint density at radius 1 is 1.45 bits per heavy atom. The molecule has 1 aromatic carbocycles. The third-order valence-corrected chi connectivity index (χ3v) is 3.13. The van der Waals surface area contributed by atoms with Crippen LogP contribution in [0.15, 0.2) is 18.2 Å². The van der Waals surface area contributed by atoms with E-state index < -0.39 is 23.8 Å². The first kappa shape index (κ1) is 16.3. The van der Waals surface area contributed by atoms with E-state index in [2.05, 4.69) is 5.32 Å². The summed E-state index contributed by atoms with van der Waals surface area (Å²) >= 11 is 0. The van der Waals surface area contributed by atoms with Crippen molar-refractivity contribution < 1.29 is 23.1 Å². The van der Waals surface area contributed by atoms with E-state index in [0.29, 0.717) is 0 Å². The van der Waals surface area contributed by atoms with Gasteiger partial charge in [0.05, 0.1) is 18.2 Å². The second-order valence-corrected chi connectivity index (χ2v) is 4.55. The Morgan fingerprint density at radius 2 is 2.05 bits per heavy atom. The predicted octanol–water partition coefficient (Wildman–Crippen LogP) is 2.86. The molecule has 1 aromatic rings. The normalized spacial score (nSPS) is 12.9. The van der Waals surface area contributed by atoms with Crippen LogP contribution in [-0.2, 0) is 6.18 Å². The monoisotopic (exact) mass is 290 g/mol. The molecule has 2 N–H and O–H groups in total. The quantitative estimate of drug-likeness (QED) is 0.899. The molecule has 0 aromatic heterocycles. The Kier molecular flexibility index (Phi) is 4.99. The Morgan fingerprint density at radius 3 is 2.55 bits per heavy atom. The average Bonchev–Trinajstić information content (AvgIpc) is 2.37. The van der Waals surface area contributed by atoms with Crippen LogP contribution in [0.3, 0.4) is 0 Å². The first-order chi connectivity index (χ1) is 9.18. The van der Waals surface area contributed by atoms with E-state index >= 15 is 0 Å². The van der Waals surface area contributed by atoms with Gasteiger partial charge in [-0.2, -0.15) is 13.2 Å². The van der Waals surface area contributed by atoms with Crippen LogP contribution in [-0.4, -0.2) is 35.7 Å². The van der Waals surface area contributed by atoms with Crippen molar-refractivity contribution in [3.05, 3.63) is 29.3 Å². The Balaban J connectivity index is 2.97. The van der Waals surface area contributed by atoms with Crippen LogP contribution in [0.4, 0.5) is 23.7 Å². The van der Waals surface area contributed by atoms with Crippen molar-refractivity contribution in [3.63, 3.8) is 0 Å². The van der Waals surface area contributed by atoms with Gasteiger partial charge >= 0.3 is 12.2 Å². The fourth-order valence-corrected chi connectivity index (χ4v) is 1.60. The summed E-state index contributed by atoms with van der Waals surface area (Å²) in [6.45, 7) is 2.69. The van der Waals surface area contributed by atoms with Crippen LogP contribution >= 0.6 is 0 Å². The van der Waals surface area contributed by atoms with E-state index in [1.807, 2.05) is 0 Å². The van der Waals surface area contributed by atoms with E-state index in [0.717, 1.165) is 6.07 Å². The number of benzene rings is 1. The number of carbonyl (C=O) groups is 1. The summed E-state index contributed by atoms with van der Waals surface area (Å²) in [5.74, 6) is 0. The number of urea groups is 1. The van der Waals surface area contributed by atoms with Gasteiger partial charge in [0, 0.05) is 12.7 Å². The molecule has 0 aliphatic rings. The highest BCUT2D eigenvalue weighted by atomic mass is 19.4. The van der Waals surface area contributed by atoms with Gasteiger partial charge in [-0.25, -0.2) is 4.79 Å². The Bertz CT molecular complexity index is 489. The summed E-state index contributed by atoms with van der Waals surface area (Å²) in [5.41, 5.74) is -0.728. The zero-order valence-corrected chi connectivity index (χ0v) is 11.5. The third kappa shape index (κ3) is 3.63. The highest BCUT2D eigenvalue weighted by Crippen LogP contribution is 2.34. The number of anilines is 1.